The van der Waals surface area contributed by atoms with E-state index in [4.69, 9.17) is 10.3 Å². The third-order valence-electron chi connectivity index (χ3n) is 5.61. The van der Waals surface area contributed by atoms with Crippen LogP contribution in [0.15, 0.2) is 46.1 Å². The molecule has 0 atom stereocenters. The zero-order chi connectivity index (χ0) is 19.7. The van der Waals surface area contributed by atoms with Crippen molar-refractivity contribution in [1.29, 1.82) is 5.26 Å². The van der Waals surface area contributed by atoms with E-state index < -0.39 is 0 Å². The fraction of sp³-hybridized carbons (Fsp3) is 0.333. The lowest BCUT2D eigenvalue weighted by molar-refractivity contribution is 1.08. The second-order valence-corrected chi connectivity index (χ2v) is 7.15. The number of aromatic amines is 1. The van der Waals surface area contributed by atoms with Gasteiger partial charge in [0, 0.05) is 17.0 Å². The van der Waals surface area contributed by atoms with Gasteiger partial charge in [0.15, 0.2) is 0 Å². The number of aryl methyl sites for hydroxylation is 1. The average molecular weight is 358 g/mol. The molecule has 3 heteroatoms. The van der Waals surface area contributed by atoms with Gasteiger partial charge in [-0.2, -0.15) is 5.26 Å². The Morgan fingerprint density at radius 2 is 1.70 bits per heavy atom. The summed E-state index contributed by atoms with van der Waals surface area (Å²) < 4.78 is 0. The van der Waals surface area contributed by atoms with Crippen LogP contribution in [0, 0.1) is 25.2 Å². The molecule has 2 heterocycles. The first-order valence-corrected chi connectivity index (χ1v) is 9.61. The van der Waals surface area contributed by atoms with Gasteiger partial charge in [-0.1, -0.05) is 26.0 Å². The van der Waals surface area contributed by atoms with Gasteiger partial charge in [0.2, 0.25) is 0 Å². The molecule has 0 saturated heterocycles. The van der Waals surface area contributed by atoms with Gasteiger partial charge >= 0.3 is 0 Å². The maximum absolute atomic E-state index is 9.16. The normalized spacial score (nSPS) is 15.8. The first kappa shape index (κ1) is 18.9. The second-order valence-electron chi connectivity index (χ2n) is 7.15. The maximum Gasteiger partial charge on any atom is 0.0991 e. The van der Waals surface area contributed by atoms with Crippen LogP contribution in [0.2, 0.25) is 0 Å². The molecule has 138 valence electrons. The number of nitriles is 1. The molecule has 0 unspecified atom stereocenters. The Labute approximate surface area is 162 Å². The minimum absolute atomic E-state index is 0.671. The Hall–Kier alpha value is -2.86. The van der Waals surface area contributed by atoms with Crippen molar-refractivity contribution in [3.8, 4) is 6.07 Å². The van der Waals surface area contributed by atoms with Gasteiger partial charge in [-0.3, -0.25) is 4.99 Å². The Bertz CT molecular complexity index is 1020. The minimum atomic E-state index is 0.671. The SMILES string of the molecule is CCC1=C(C)C(=C(c2ccc(C#N)cc2)c2[nH]c(C)c(CC)c2C)N=C1C. The van der Waals surface area contributed by atoms with Gasteiger partial charge in [0.05, 0.1) is 23.0 Å². The molecule has 0 radical (unpaired) electrons. The quantitative estimate of drug-likeness (QED) is 0.714. The molecule has 0 aliphatic carbocycles. The van der Waals surface area contributed by atoms with Gasteiger partial charge in [-0.05, 0) is 80.5 Å². The number of hydrogen-bond acceptors (Lipinski definition) is 2. The molecule has 0 saturated carbocycles. The number of allylic oxidation sites excluding steroid dienone is 2. The molecule has 0 spiro atoms. The molecule has 0 fully saturated rings. The third kappa shape index (κ3) is 3.17. The van der Waals surface area contributed by atoms with Crippen LogP contribution in [0.1, 0.15) is 67.8 Å². The highest BCUT2D eigenvalue weighted by Crippen LogP contribution is 2.38. The van der Waals surface area contributed by atoms with Crippen molar-refractivity contribution in [2.24, 2.45) is 4.99 Å². The fourth-order valence-electron chi connectivity index (χ4n) is 4.18. The predicted molar refractivity (Wildman–Crippen MR) is 113 cm³/mol. The van der Waals surface area contributed by atoms with Crippen LogP contribution in [0.25, 0.3) is 5.57 Å². The molecule has 1 aliphatic rings. The van der Waals surface area contributed by atoms with Crippen molar-refractivity contribution in [2.45, 2.75) is 54.4 Å². The molecule has 1 N–H and O–H groups in total. The molecule has 1 aromatic carbocycles. The van der Waals surface area contributed by atoms with Crippen LogP contribution < -0.4 is 0 Å². The summed E-state index contributed by atoms with van der Waals surface area (Å²) in [6, 6.07) is 10.0. The number of rotatable bonds is 4. The Kier molecular flexibility index (Phi) is 5.19. The molecular formula is C24H27N3. The van der Waals surface area contributed by atoms with Gasteiger partial charge in [0.1, 0.15) is 0 Å². The molecular weight excluding hydrogens is 330 g/mol. The molecule has 2 aromatic rings. The maximum atomic E-state index is 9.16. The minimum Gasteiger partial charge on any atom is -0.358 e. The summed E-state index contributed by atoms with van der Waals surface area (Å²) in [5, 5.41) is 9.16. The summed E-state index contributed by atoms with van der Waals surface area (Å²) in [5.41, 5.74) is 12.6. The lowest BCUT2D eigenvalue weighted by atomic mass is 9.93. The van der Waals surface area contributed by atoms with Crippen LogP contribution in [0.5, 0.6) is 0 Å². The number of H-pyrrole nitrogens is 1. The Balaban J connectivity index is 2.34. The number of aliphatic imine (C=N–C) groups is 1. The van der Waals surface area contributed by atoms with E-state index in [1.54, 1.807) is 0 Å². The number of nitrogens with zero attached hydrogens (tertiary/aromatic N) is 2. The summed E-state index contributed by atoms with van der Waals surface area (Å²) in [5.74, 6) is 0. The standard InChI is InChI=1S/C24H27N3/c1-7-20-14(3)23(26-16(20)5)22(19-11-9-18(13-25)10-12-19)24-15(4)21(8-2)17(6)27-24/h9-12,26H,7-8H2,1-6H3. The van der Waals surface area contributed by atoms with E-state index in [-0.39, 0.29) is 0 Å². The monoisotopic (exact) mass is 357 g/mol. The zero-order valence-electron chi connectivity index (χ0n) is 17.1. The first-order valence-electron chi connectivity index (χ1n) is 9.61. The van der Waals surface area contributed by atoms with Crippen LogP contribution in [0.4, 0.5) is 0 Å². The van der Waals surface area contributed by atoms with Crippen LogP contribution >= 0.6 is 0 Å². The summed E-state index contributed by atoms with van der Waals surface area (Å²) in [6.45, 7) is 13.0. The number of nitrogens with one attached hydrogen (secondary N) is 1. The zero-order valence-corrected chi connectivity index (χ0v) is 17.1. The van der Waals surface area contributed by atoms with E-state index in [9.17, 15) is 0 Å². The summed E-state index contributed by atoms with van der Waals surface area (Å²) >= 11 is 0. The summed E-state index contributed by atoms with van der Waals surface area (Å²) in [7, 11) is 0. The lowest BCUT2D eigenvalue weighted by Crippen LogP contribution is -1.97. The highest BCUT2D eigenvalue weighted by Gasteiger charge is 2.24. The fourth-order valence-corrected chi connectivity index (χ4v) is 4.18. The van der Waals surface area contributed by atoms with Crippen molar-refractivity contribution < 1.29 is 0 Å². The highest BCUT2D eigenvalue weighted by molar-refractivity contribution is 6.05. The van der Waals surface area contributed by atoms with Crippen molar-refractivity contribution in [1.82, 2.24) is 4.98 Å². The molecule has 1 aromatic heterocycles. The molecule has 0 amide bonds. The van der Waals surface area contributed by atoms with Gasteiger partial charge < -0.3 is 4.98 Å². The van der Waals surface area contributed by atoms with Gasteiger partial charge in [0.25, 0.3) is 0 Å². The van der Waals surface area contributed by atoms with E-state index in [0.717, 1.165) is 41.1 Å². The lowest BCUT2D eigenvalue weighted by Gasteiger charge is -2.13. The van der Waals surface area contributed by atoms with Gasteiger partial charge in [-0.25, -0.2) is 0 Å². The second kappa shape index (κ2) is 7.40. The molecule has 1 aliphatic heterocycles. The summed E-state index contributed by atoms with van der Waals surface area (Å²) in [4.78, 5) is 8.58. The molecule has 3 rings (SSSR count). The van der Waals surface area contributed by atoms with Crippen molar-refractivity contribution in [3.63, 3.8) is 0 Å². The molecule has 3 nitrogen and oxygen atoms in total. The van der Waals surface area contributed by atoms with E-state index in [0.29, 0.717) is 5.56 Å². The van der Waals surface area contributed by atoms with E-state index >= 15 is 0 Å². The number of benzene rings is 1. The number of hydrogen-bond donors (Lipinski definition) is 1. The first-order chi connectivity index (χ1) is 12.9. The van der Waals surface area contributed by atoms with E-state index in [1.165, 1.54) is 28.0 Å². The average Bonchev–Trinajstić information content (AvgIpc) is 3.11. The Morgan fingerprint density at radius 3 is 2.19 bits per heavy atom. The third-order valence-corrected chi connectivity index (χ3v) is 5.61. The predicted octanol–water partition coefficient (Wildman–Crippen LogP) is 6.03. The molecule has 27 heavy (non-hydrogen) atoms. The van der Waals surface area contributed by atoms with Crippen molar-refractivity contribution in [3.05, 3.63) is 74.8 Å². The topological polar surface area (TPSA) is 51.9 Å². The smallest absolute Gasteiger partial charge is 0.0991 e. The van der Waals surface area contributed by atoms with Gasteiger partial charge in [-0.15, -0.1) is 0 Å². The molecule has 0 bridgehead atoms. The van der Waals surface area contributed by atoms with E-state index in [2.05, 4.69) is 52.6 Å². The number of aromatic nitrogens is 1. The van der Waals surface area contributed by atoms with Crippen LogP contribution in [0.3, 0.4) is 0 Å². The highest BCUT2D eigenvalue weighted by atomic mass is 14.8. The van der Waals surface area contributed by atoms with Crippen molar-refractivity contribution >= 4 is 11.3 Å². The van der Waals surface area contributed by atoms with Crippen LogP contribution in [-0.4, -0.2) is 10.7 Å². The Morgan fingerprint density at radius 1 is 1.04 bits per heavy atom. The van der Waals surface area contributed by atoms with Crippen LogP contribution in [-0.2, 0) is 6.42 Å². The van der Waals surface area contributed by atoms with E-state index in [1.807, 2.05) is 24.3 Å². The largest absolute Gasteiger partial charge is 0.358 e. The summed E-state index contributed by atoms with van der Waals surface area (Å²) in [6.07, 6.45) is 1.98. The van der Waals surface area contributed by atoms with Crippen molar-refractivity contribution in [2.75, 3.05) is 0 Å².